The molecule has 0 aliphatic rings. The maximum atomic E-state index is 13.0. The van der Waals surface area contributed by atoms with Crippen LogP contribution in [0.1, 0.15) is 10.4 Å². The number of anilines is 1. The molecule has 0 fully saturated rings. The molecule has 21 heavy (non-hydrogen) atoms. The summed E-state index contributed by atoms with van der Waals surface area (Å²) < 4.78 is 13.5. The first kappa shape index (κ1) is 15.6. The summed E-state index contributed by atoms with van der Waals surface area (Å²) in [5.41, 5.74) is -0.117. The van der Waals surface area contributed by atoms with E-state index < -0.39 is 16.6 Å². The maximum absolute atomic E-state index is 13.0. The fraction of sp³-hybridized carbons (Fsp3) is 0. The van der Waals surface area contributed by atoms with Gasteiger partial charge in [0.1, 0.15) is 17.2 Å². The normalized spacial score (nSPS) is 10.2. The summed E-state index contributed by atoms with van der Waals surface area (Å²) in [7, 11) is 0. The van der Waals surface area contributed by atoms with Crippen LogP contribution in [0.15, 0.2) is 30.5 Å². The van der Waals surface area contributed by atoms with Gasteiger partial charge in [0, 0.05) is 9.64 Å². The number of hydrogen-bond acceptors (Lipinski definition) is 4. The minimum atomic E-state index is -0.679. The molecule has 2 rings (SSSR count). The van der Waals surface area contributed by atoms with Crippen LogP contribution in [0.2, 0.25) is 5.15 Å². The molecule has 0 saturated carbocycles. The van der Waals surface area contributed by atoms with Crippen molar-refractivity contribution in [1.82, 2.24) is 4.98 Å². The third kappa shape index (κ3) is 3.64. The van der Waals surface area contributed by atoms with Crippen LogP contribution in [0.3, 0.4) is 0 Å². The number of amides is 1. The van der Waals surface area contributed by atoms with Crippen molar-refractivity contribution in [1.29, 1.82) is 0 Å². The lowest BCUT2D eigenvalue weighted by Crippen LogP contribution is -2.14. The van der Waals surface area contributed by atoms with Gasteiger partial charge < -0.3 is 5.32 Å². The van der Waals surface area contributed by atoms with Gasteiger partial charge in [-0.3, -0.25) is 14.9 Å². The molecule has 0 unspecified atom stereocenters. The number of nitrogens with zero attached hydrogens (tertiary/aromatic N) is 2. The van der Waals surface area contributed by atoms with E-state index in [4.69, 9.17) is 11.6 Å². The third-order valence-corrected chi connectivity index (χ3v) is 3.65. The smallest absolute Gasteiger partial charge is 0.288 e. The minimum absolute atomic E-state index is 0.133. The van der Waals surface area contributed by atoms with Gasteiger partial charge in [-0.25, -0.2) is 9.37 Å². The fourth-order valence-corrected chi connectivity index (χ4v) is 2.28. The van der Waals surface area contributed by atoms with Crippen molar-refractivity contribution in [3.05, 3.63) is 60.7 Å². The summed E-state index contributed by atoms with van der Waals surface area (Å²) in [6.07, 6.45) is 0.959. The van der Waals surface area contributed by atoms with Crippen LogP contribution in [0.4, 0.5) is 15.8 Å². The molecular formula is C12H6ClFIN3O3. The molecule has 1 aromatic heterocycles. The Balaban J connectivity index is 2.32. The minimum Gasteiger partial charge on any atom is -0.321 e. The Kier molecular flexibility index (Phi) is 4.68. The molecule has 1 amide bonds. The Bertz CT molecular complexity index is 742. The molecular weight excluding hydrogens is 416 g/mol. The highest BCUT2D eigenvalue weighted by Crippen LogP contribution is 2.23. The van der Waals surface area contributed by atoms with Gasteiger partial charge in [0.2, 0.25) is 0 Å². The lowest BCUT2D eigenvalue weighted by molar-refractivity contribution is -0.385. The van der Waals surface area contributed by atoms with E-state index in [2.05, 4.69) is 10.3 Å². The van der Waals surface area contributed by atoms with Gasteiger partial charge in [-0.05, 0) is 40.8 Å². The van der Waals surface area contributed by atoms with E-state index in [-0.39, 0.29) is 16.4 Å². The average molecular weight is 422 g/mol. The van der Waals surface area contributed by atoms with Crippen molar-refractivity contribution in [2.45, 2.75) is 0 Å². The van der Waals surface area contributed by atoms with Gasteiger partial charge in [0.25, 0.3) is 11.6 Å². The van der Waals surface area contributed by atoms with E-state index in [9.17, 15) is 19.3 Å². The van der Waals surface area contributed by atoms with E-state index in [1.54, 1.807) is 0 Å². The zero-order valence-electron chi connectivity index (χ0n) is 10.1. The Labute approximate surface area is 136 Å². The molecule has 2 aromatic rings. The predicted octanol–water partition coefficient (Wildman–Crippen LogP) is 3.64. The topological polar surface area (TPSA) is 85.1 Å². The van der Waals surface area contributed by atoms with Crippen LogP contribution in [0, 0.1) is 19.5 Å². The van der Waals surface area contributed by atoms with E-state index in [0.717, 1.165) is 12.3 Å². The number of aromatic nitrogens is 1. The standard InChI is InChI=1S/C12H6ClFIN3O3/c13-11-8(4-7(5-16-11)18(20)21)12(19)17-10-2-1-6(14)3-9(10)15/h1-5H,(H,17,19). The summed E-state index contributed by atoms with van der Waals surface area (Å²) >= 11 is 7.62. The van der Waals surface area contributed by atoms with E-state index >= 15 is 0 Å². The maximum Gasteiger partial charge on any atom is 0.288 e. The van der Waals surface area contributed by atoms with Crippen molar-refractivity contribution < 1.29 is 14.1 Å². The Morgan fingerprint density at radius 3 is 2.76 bits per heavy atom. The Hall–Kier alpha value is -1.81. The molecule has 0 radical (unpaired) electrons. The van der Waals surface area contributed by atoms with Gasteiger partial charge >= 0.3 is 0 Å². The zero-order valence-corrected chi connectivity index (χ0v) is 13.1. The van der Waals surface area contributed by atoms with Crippen molar-refractivity contribution >= 4 is 51.5 Å². The van der Waals surface area contributed by atoms with E-state index in [1.165, 1.54) is 18.2 Å². The molecule has 108 valence electrons. The second kappa shape index (κ2) is 6.31. The van der Waals surface area contributed by atoms with Crippen LogP contribution in [0.25, 0.3) is 0 Å². The van der Waals surface area contributed by atoms with Crippen molar-refractivity contribution in [2.75, 3.05) is 5.32 Å². The summed E-state index contributed by atoms with van der Waals surface area (Å²) in [6, 6.07) is 4.84. The van der Waals surface area contributed by atoms with Crippen molar-refractivity contribution in [2.24, 2.45) is 0 Å². The van der Waals surface area contributed by atoms with Crippen LogP contribution in [-0.2, 0) is 0 Å². The van der Waals surface area contributed by atoms with Crippen LogP contribution in [0.5, 0.6) is 0 Å². The van der Waals surface area contributed by atoms with E-state index in [0.29, 0.717) is 9.26 Å². The molecule has 1 aromatic carbocycles. The second-order valence-electron chi connectivity index (χ2n) is 3.87. The van der Waals surface area contributed by atoms with Gasteiger partial charge in [-0.2, -0.15) is 0 Å². The highest BCUT2D eigenvalue weighted by molar-refractivity contribution is 14.1. The van der Waals surface area contributed by atoms with Crippen molar-refractivity contribution in [3.8, 4) is 0 Å². The Morgan fingerprint density at radius 1 is 1.43 bits per heavy atom. The monoisotopic (exact) mass is 421 g/mol. The number of benzene rings is 1. The highest BCUT2D eigenvalue weighted by atomic mass is 127. The van der Waals surface area contributed by atoms with Gasteiger partial charge in [0.15, 0.2) is 0 Å². The number of rotatable bonds is 3. The second-order valence-corrected chi connectivity index (χ2v) is 5.39. The molecule has 0 aliphatic heterocycles. The molecule has 9 heteroatoms. The molecule has 0 aliphatic carbocycles. The number of hydrogen-bond donors (Lipinski definition) is 1. The highest BCUT2D eigenvalue weighted by Gasteiger charge is 2.18. The van der Waals surface area contributed by atoms with Gasteiger partial charge in [0.05, 0.1) is 16.2 Å². The number of nitro groups is 1. The third-order valence-electron chi connectivity index (χ3n) is 2.46. The Morgan fingerprint density at radius 2 is 2.14 bits per heavy atom. The number of carbonyl (C=O) groups excluding carboxylic acids is 1. The first-order valence-corrected chi connectivity index (χ1v) is 6.90. The van der Waals surface area contributed by atoms with Gasteiger partial charge in [-0.15, -0.1) is 0 Å². The predicted molar refractivity (Wildman–Crippen MR) is 83.0 cm³/mol. The molecule has 1 N–H and O–H groups in total. The van der Waals surface area contributed by atoms with Crippen LogP contribution < -0.4 is 5.32 Å². The van der Waals surface area contributed by atoms with Crippen LogP contribution in [-0.4, -0.2) is 15.8 Å². The molecule has 6 nitrogen and oxygen atoms in total. The summed E-state index contributed by atoms with van der Waals surface area (Å²) in [4.78, 5) is 25.7. The lowest BCUT2D eigenvalue weighted by atomic mass is 10.2. The molecule has 1 heterocycles. The van der Waals surface area contributed by atoms with Gasteiger partial charge in [-0.1, -0.05) is 11.6 Å². The first-order valence-electron chi connectivity index (χ1n) is 5.45. The van der Waals surface area contributed by atoms with Crippen LogP contribution >= 0.6 is 34.2 Å². The quantitative estimate of drug-likeness (QED) is 0.355. The average Bonchev–Trinajstić information content (AvgIpc) is 2.42. The largest absolute Gasteiger partial charge is 0.321 e. The summed E-state index contributed by atoms with van der Waals surface area (Å²) in [5.74, 6) is -1.10. The molecule has 0 bridgehead atoms. The zero-order chi connectivity index (χ0) is 15.6. The first-order chi connectivity index (χ1) is 9.88. The lowest BCUT2D eigenvalue weighted by Gasteiger charge is -2.08. The number of pyridine rings is 1. The molecule has 0 spiro atoms. The summed E-state index contributed by atoms with van der Waals surface area (Å²) in [6.45, 7) is 0. The van der Waals surface area contributed by atoms with Crippen molar-refractivity contribution in [3.63, 3.8) is 0 Å². The molecule has 0 atom stereocenters. The molecule has 0 saturated heterocycles. The number of nitrogens with one attached hydrogen (secondary N) is 1. The number of carbonyl (C=O) groups is 1. The SMILES string of the molecule is O=C(Nc1ccc(F)cc1I)c1cc([N+](=O)[O-])cnc1Cl. The fourth-order valence-electron chi connectivity index (χ4n) is 1.48. The summed E-state index contributed by atoms with van der Waals surface area (Å²) in [5, 5.41) is 13.0. The number of halogens is 3. The van der Waals surface area contributed by atoms with E-state index in [1.807, 2.05) is 22.6 Å².